The van der Waals surface area contributed by atoms with Gasteiger partial charge in [-0.25, -0.2) is 4.79 Å². The largest absolute Gasteiger partial charge is 0.465 e. The molecule has 1 N–H and O–H groups in total. The molecule has 0 aliphatic heterocycles. The molecule has 0 aliphatic rings. The zero-order valence-electron chi connectivity index (χ0n) is 13.1. The van der Waals surface area contributed by atoms with Crippen LogP contribution in [0.3, 0.4) is 0 Å². The molecule has 3 nitrogen and oxygen atoms in total. The smallest absolute Gasteiger partial charge is 0.339 e. The van der Waals surface area contributed by atoms with Crippen molar-refractivity contribution in [2.75, 3.05) is 12.4 Å². The molecular weight excluding hydrogens is 322 g/mol. The van der Waals surface area contributed by atoms with E-state index in [9.17, 15) is 4.79 Å². The number of para-hydroxylation sites is 1. The van der Waals surface area contributed by atoms with Gasteiger partial charge in [-0.1, -0.05) is 60.1 Å². The molecule has 120 valence electrons. The first kappa shape index (κ1) is 16.1. The van der Waals surface area contributed by atoms with Crippen molar-refractivity contribution >= 4 is 28.9 Å². The standard InChI is InChI=1S/C20H16ClNO2/c1-24-20(23)15-10-5-6-12-17(15)22-18-13-7-11-16(21)19(18)14-8-3-2-4-9-14/h2-13,22H,1H3. The second-order valence-electron chi connectivity index (χ2n) is 5.19. The monoisotopic (exact) mass is 337 g/mol. The Morgan fingerprint density at radius 1 is 0.875 bits per heavy atom. The number of carbonyl (C=O) groups is 1. The average molecular weight is 338 g/mol. The summed E-state index contributed by atoms with van der Waals surface area (Å²) in [5.41, 5.74) is 3.86. The predicted molar refractivity (Wildman–Crippen MR) is 98.0 cm³/mol. The molecule has 0 saturated heterocycles. The summed E-state index contributed by atoms with van der Waals surface area (Å²) < 4.78 is 4.85. The topological polar surface area (TPSA) is 38.3 Å². The van der Waals surface area contributed by atoms with Gasteiger partial charge < -0.3 is 10.1 Å². The summed E-state index contributed by atoms with van der Waals surface area (Å²) in [6, 6.07) is 22.8. The quantitative estimate of drug-likeness (QED) is 0.635. The minimum Gasteiger partial charge on any atom is -0.465 e. The van der Waals surface area contributed by atoms with Gasteiger partial charge in [0.2, 0.25) is 0 Å². The lowest BCUT2D eigenvalue weighted by atomic mass is 10.0. The van der Waals surface area contributed by atoms with Crippen LogP contribution in [0.4, 0.5) is 11.4 Å². The number of hydrogen-bond acceptors (Lipinski definition) is 3. The zero-order chi connectivity index (χ0) is 16.9. The van der Waals surface area contributed by atoms with Gasteiger partial charge in [0, 0.05) is 11.3 Å². The van der Waals surface area contributed by atoms with Gasteiger partial charge >= 0.3 is 5.97 Å². The Morgan fingerprint density at radius 3 is 2.29 bits per heavy atom. The van der Waals surface area contributed by atoms with E-state index in [2.05, 4.69) is 5.32 Å². The first-order valence-corrected chi connectivity index (χ1v) is 7.87. The first-order chi connectivity index (χ1) is 11.7. The van der Waals surface area contributed by atoms with Gasteiger partial charge in [-0.05, 0) is 29.8 Å². The van der Waals surface area contributed by atoms with E-state index in [1.807, 2.05) is 60.7 Å². The van der Waals surface area contributed by atoms with Crippen LogP contribution >= 0.6 is 11.6 Å². The van der Waals surface area contributed by atoms with Gasteiger partial charge in [0.25, 0.3) is 0 Å². The third-order valence-electron chi connectivity index (χ3n) is 3.68. The van der Waals surface area contributed by atoms with Crippen LogP contribution in [0.15, 0.2) is 72.8 Å². The molecule has 0 radical (unpaired) electrons. The Labute approximate surface area is 145 Å². The van der Waals surface area contributed by atoms with Crippen LogP contribution in [-0.2, 0) is 4.74 Å². The molecule has 3 rings (SSSR count). The van der Waals surface area contributed by atoms with Crippen LogP contribution in [-0.4, -0.2) is 13.1 Å². The second kappa shape index (κ2) is 7.20. The Hall–Kier alpha value is -2.78. The van der Waals surface area contributed by atoms with Gasteiger partial charge in [0.15, 0.2) is 0 Å². The maximum absolute atomic E-state index is 12.0. The number of ether oxygens (including phenoxy) is 1. The lowest BCUT2D eigenvalue weighted by Gasteiger charge is -2.16. The van der Waals surface area contributed by atoms with Crippen molar-refractivity contribution in [2.45, 2.75) is 0 Å². The predicted octanol–water partition coefficient (Wildman–Crippen LogP) is 5.54. The van der Waals surface area contributed by atoms with Crippen LogP contribution in [0, 0.1) is 0 Å². The Kier molecular flexibility index (Phi) is 4.82. The zero-order valence-corrected chi connectivity index (χ0v) is 13.9. The molecule has 0 aromatic heterocycles. The van der Waals surface area contributed by atoms with E-state index in [1.54, 1.807) is 12.1 Å². The minimum absolute atomic E-state index is 0.388. The highest BCUT2D eigenvalue weighted by atomic mass is 35.5. The molecule has 0 atom stereocenters. The summed E-state index contributed by atoms with van der Waals surface area (Å²) in [5, 5.41) is 3.95. The lowest BCUT2D eigenvalue weighted by Crippen LogP contribution is -2.05. The Bertz CT molecular complexity index is 863. The fraction of sp³-hybridized carbons (Fsp3) is 0.0500. The Balaban J connectivity index is 2.07. The van der Waals surface area contributed by atoms with Crippen molar-refractivity contribution in [2.24, 2.45) is 0 Å². The lowest BCUT2D eigenvalue weighted by molar-refractivity contribution is 0.0602. The molecule has 0 aliphatic carbocycles. The second-order valence-corrected chi connectivity index (χ2v) is 5.60. The van der Waals surface area contributed by atoms with Crippen LogP contribution in [0.5, 0.6) is 0 Å². The van der Waals surface area contributed by atoms with Crippen LogP contribution in [0.2, 0.25) is 5.02 Å². The van der Waals surface area contributed by atoms with E-state index in [1.165, 1.54) is 7.11 Å². The van der Waals surface area contributed by atoms with Gasteiger partial charge in [-0.3, -0.25) is 0 Å². The number of anilines is 2. The fourth-order valence-corrected chi connectivity index (χ4v) is 2.84. The number of benzene rings is 3. The molecule has 0 saturated carbocycles. The van der Waals surface area contributed by atoms with E-state index in [-0.39, 0.29) is 5.97 Å². The normalized spacial score (nSPS) is 10.2. The highest BCUT2D eigenvalue weighted by Gasteiger charge is 2.14. The SMILES string of the molecule is COC(=O)c1ccccc1Nc1cccc(Cl)c1-c1ccccc1. The maximum atomic E-state index is 12.0. The first-order valence-electron chi connectivity index (χ1n) is 7.49. The van der Waals surface area contributed by atoms with E-state index < -0.39 is 0 Å². The van der Waals surface area contributed by atoms with Crippen molar-refractivity contribution in [1.29, 1.82) is 0 Å². The van der Waals surface area contributed by atoms with Crippen LogP contribution in [0.1, 0.15) is 10.4 Å². The molecule has 24 heavy (non-hydrogen) atoms. The fourth-order valence-electron chi connectivity index (χ4n) is 2.55. The highest BCUT2D eigenvalue weighted by molar-refractivity contribution is 6.34. The van der Waals surface area contributed by atoms with E-state index in [0.717, 1.165) is 16.8 Å². The summed E-state index contributed by atoms with van der Waals surface area (Å²) in [5.74, 6) is -0.388. The van der Waals surface area contributed by atoms with Gasteiger partial charge in [0.1, 0.15) is 0 Å². The van der Waals surface area contributed by atoms with Gasteiger partial charge in [0.05, 0.1) is 23.4 Å². The number of hydrogen-bond donors (Lipinski definition) is 1. The molecule has 0 heterocycles. The molecule has 4 heteroatoms. The van der Waals surface area contributed by atoms with Crippen molar-refractivity contribution in [3.8, 4) is 11.1 Å². The van der Waals surface area contributed by atoms with Gasteiger partial charge in [-0.2, -0.15) is 0 Å². The molecule has 0 unspecified atom stereocenters. The number of esters is 1. The molecule has 3 aromatic rings. The van der Waals surface area contributed by atoms with Crippen molar-refractivity contribution in [3.05, 3.63) is 83.4 Å². The van der Waals surface area contributed by atoms with Crippen molar-refractivity contribution in [1.82, 2.24) is 0 Å². The van der Waals surface area contributed by atoms with E-state index in [0.29, 0.717) is 16.3 Å². The summed E-state index contributed by atoms with van der Waals surface area (Å²) in [6.07, 6.45) is 0. The highest BCUT2D eigenvalue weighted by Crippen LogP contribution is 2.36. The maximum Gasteiger partial charge on any atom is 0.339 e. The van der Waals surface area contributed by atoms with Crippen LogP contribution in [0.25, 0.3) is 11.1 Å². The molecular formula is C20H16ClNO2. The summed E-state index contributed by atoms with van der Waals surface area (Å²) in [4.78, 5) is 12.0. The van der Waals surface area contributed by atoms with Crippen LogP contribution < -0.4 is 5.32 Å². The number of nitrogens with one attached hydrogen (secondary N) is 1. The summed E-state index contributed by atoms with van der Waals surface area (Å²) in [7, 11) is 1.37. The molecule has 0 fully saturated rings. The van der Waals surface area contributed by atoms with Crippen molar-refractivity contribution < 1.29 is 9.53 Å². The van der Waals surface area contributed by atoms with E-state index in [4.69, 9.17) is 16.3 Å². The third kappa shape index (κ3) is 3.26. The van der Waals surface area contributed by atoms with E-state index >= 15 is 0 Å². The average Bonchev–Trinajstić information content (AvgIpc) is 2.62. The molecule has 3 aromatic carbocycles. The summed E-state index contributed by atoms with van der Waals surface area (Å²) in [6.45, 7) is 0. The minimum atomic E-state index is -0.388. The number of carbonyl (C=O) groups excluding carboxylic acids is 1. The summed E-state index contributed by atoms with van der Waals surface area (Å²) >= 11 is 6.43. The van der Waals surface area contributed by atoms with Crippen molar-refractivity contribution in [3.63, 3.8) is 0 Å². The molecule has 0 bridgehead atoms. The number of rotatable bonds is 4. The molecule has 0 spiro atoms. The number of methoxy groups -OCH3 is 1. The Morgan fingerprint density at radius 2 is 1.54 bits per heavy atom. The number of halogens is 1. The third-order valence-corrected chi connectivity index (χ3v) is 3.99. The molecule has 0 amide bonds. The van der Waals surface area contributed by atoms with Gasteiger partial charge in [-0.15, -0.1) is 0 Å².